The Morgan fingerprint density at radius 2 is 2.35 bits per heavy atom. The summed E-state index contributed by atoms with van der Waals surface area (Å²) in [5, 5.41) is 3.33. The third-order valence-corrected chi connectivity index (χ3v) is 3.27. The second-order valence-electron chi connectivity index (χ2n) is 4.27. The number of benzene rings is 1. The van der Waals surface area contributed by atoms with Crippen LogP contribution >= 0.6 is 0 Å². The van der Waals surface area contributed by atoms with Gasteiger partial charge in [0.15, 0.2) is 0 Å². The van der Waals surface area contributed by atoms with Gasteiger partial charge in [0.05, 0.1) is 18.8 Å². The van der Waals surface area contributed by atoms with Crippen molar-refractivity contribution in [2.24, 2.45) is 0 Å². The lowest BCUT2D eigenvalue weighted by molar-refractivity contribution is 0.410. The highest BCUT2D eigenvalue weighted by Crippen LogP contribution is 2.27. The number of hydrogen-bond acceptors (Lipinski definition) is 3. The number of fused-ring (bicyclic) bond motifs is 1. The van der Waals surface area contributed by atoms with Crippen molar-refractivity contribution in [3.8, 4) is 5.75 Å². The predicted octanol–water partition coefficient (Wildman–Crippen LogP) is 1.22. The smallest absolute Gasteiger partial charge is 0.327 e. The largest absolute Gasteiger partial charge is 0.494 e. The highest BCUT2D eigenvalue weighted by atomic mass is 16.5. The summed E-state index contributed by atoms with van der Waals surface area (Å²) in [4.78, 5) is 14.9. The third kappa shape index (κ3) is 1.54. The maximum absolute atomic E-state index is 12.0. The molecule has 1 aromatic carbocycles. The molecule has 0 radical (unpaired) electrons. The van der Waals surface area contributed by atoms with Crippen LogP contribution in [0.25, 0.3) is 11.0 Å². The molecule has 5 heteroatoms. The summed E-state index contributed by atoms with van der Waals surface area (Å²) in [6.07, 6.45) is 2.15. The fourth-order valence-corrected chi connectivity index (χ4v) is 2.50. The molecule has 0 saturated carbocycles. The van der Waals surface area contributed by atoms with E-state index in [9.17, 15) is 4.79 Å². The molecule has 1 aromatic heterocycles. The van der Waals surface area contributed by atoms with Gasteiger partial charge in [0.2, 0.25) is 0 Å². The zero-order valence-corrected chi connectivity index (χ0v) is 9.69. The molecule has 0 aliphatic carbocycles. The molecule has 2 N–H and O–H groups in total. The lowest BCUT2D eigenvalue weighted by atomic mass is 10.2. The first-order chi connectivity index (χ1) is 8.31. The van der Waals surface area contributed by atoms with E-state index < -0.39 is 0 Å². The molecule has 1 aliphatic rings. The van der Waals surface area contributed by atoms with Gasteiger partial charge in [-0.25, -0.2) is 4.79 Å². The van der Waals surface area contributed by atoms with E-state index in [0.717, 1.165) is 36.2 Å². The maximum Gasteiger partial charge on any atom is 0.327 e. The van der Waals surface area contributed by atoms with Gasteiger partial charge >= 0.3 is 5.69 Å². The van der Waals surface area contributed by atoms with Crippen LogP contribution in [0.2, 0.25) is 0 Å². The zero-order chi connectivity index (χ0) is 11.8. The second kappa shape index (κ2) is 3.92. The quantitative estimate of drug-likeness (QED) is 0.820. The summed E-state index contributed by atoms with van der Waals surface area (Å²) < 4.78 is 7.10. The number of para-hydroxylation sites is 1. The molecule has 17 heavy (non-hydrogen) atoms. The summed E-state index contributed by atoms with van der Waals surface area (Å²) in [5.74, 6) is 0.731. The van der Waals surface area contributed by atoms with Gasteiger partial charge in [0, 0.05) is 0 Å². The van der Waals surface area contributed by atoms with Gasteiger partial charge < -0.3 is 9.72 Å². The Bertz CT molecular complexity index is 593. The molecule has 3 rings (SSSR count). The summed E-state index contributed by atoms with van der Waals surface area (Å²) in [6, 6.07) is 5.65. The number of hydrogen-bond donors (Lipinski definition) is 2. The number of nitrogens with one attached hydrogen (secondary N) is 2. The van der Waals surface area contributed by atoms with Crippen LogP contribution in [0.15, 0.2) is 23.0 Å². The minimum absolute atomic E-state index is 0.0764. The zero-order valence-electron chi connectivity index (χ0n) is 9.69. The lowest BCUT2D eigenvalue weighted by Gasteiger charge is -2.13. The summed E-state index contributed by atoms with van der Waals surface area (Å²) in [6.45, 7) is 0.957. The van der Waals surface area contributed by atoms with E-state index in [2.05, 4.69) is 10.3 Å². The predicted molar refractivity (Wildman–Crippen MR) is 65.4 cm³/mol. The van der Waals surface area contributed by atoms with Crippen molar-refractivity contribution in [3.05, 3.63) is 28.7 Å². The first kappa shape index (κ1) is 10.4. The number of nitrogens with zero attached hydrogens (tertiary/aromatic N) is 1. The van der Waals surface area contributed by atoms with Gasteiger partial charge in [-0.15, -0.1) is 0 Å². The van der Waals surface area contributed by atoms with Crippen molar-refractivity contribution < 1.29 is 4.74 Å². The minimum Gasteiger partial charge on any atom is -0.494 e. The van der Waals surface area contributed by atoms with Gasteiger partial charge in [0.1, 0.15) is 11.3 Å². The lowest BCUT2D eigenvalue weighted by Crippen LogP contribution is -2.28. The standard InChI is InChI=1S/C12H15N3O2/c1-17-9-5-2-4-8-11(9)15(12(16)14-8)10-6-3-7-13-10/h2,4-5,10,13H,3,6-7H2,1H3,(H,14,16). The van der Waals surface area contributed by atoms with Crippen molar-refractivity contribution >= 4 is 11.0 Å². The molecule has 2 heterocycles. The van der Waals surface area contributed by atoms with E-state index in [4.69, 9.17) is 4.74 Å². The van der Waals surface area contributed by atoms with Crippen molar-refractivity contribution in [1.82, 2.24) is 14.9 Å². The average molecular weight is 233 g/mol. The molecule has 0 amide bonds. The Kier molecular flexibility index (Phi) is 2.40. The van der Waals surface area contributed by atoms with E-state index in [-0.39, 0.29) is 11.9 Å². The fraction of sp³-hybridized carbons (Fsp3) is 0.417. The van der Waals surface area contributed by atoms with Crippen LogP contribution in [0, 0.1) is 0 Å². The summed E-state index contributed by atoms with van der Waals surface area (Å²) in [5.41, 5.74) is 1.59. The fourth-order valence-electron chi connectivity index (χ4n) is 2.50. The van der Waals surface area contributed by atoms with Crippen LogP contribution in [-0.2, 0) is 0 Å². The molecule has 1 aliphatic heterocycles. The molecule has 0 spiro atoms. The molecule has 2 aromatic rings. The highest BCUT2D eigenvalue weighted by Gasteiger charge is 2.22. The Morgan fingerprint density at radius 3 is 3.06 bits per heavy atom. The molecule has 1 unspecified atom stereocenters. The normalized spacial score (nSPS) is 19.9. The maximum atomic E-state index is 12.0. The molecule has 90 valence electrons. The Hall–Kier alpha value is -1.75. The van der Waals surface area contributed by atoms with Crippen LogP contribution in [-0.4, -0.2) is 23.2 Å². The van der Waals surface area contributed by atoms with Crippen LogP contribution in [0.3, 0.4) is 0 Å². The van der Waals surface area contributed by atoms with Gasteiger partial charge in [-0.1, -0.05) is 6.07 Å². The third-order valence-electron chi connectivity index (χ3n) is 3.27. The molecule has 5 nitrogen and oxygen atoms in total. The number of aromatic nitrogens is 2. The number of aromatic amines is 1. The van der Waals surface area contributed by atoms with Gasteiger partial charge in [-0.05, 0) is 31.5 Å². The van der Waals surface area contributed by atoms with E-state index >= 15 is 0 Å². The van der Waals surface area contributed by atoms with Crippen LogP contribution in [0.1, 0.15) is 19.0 Å². The van der Waals surface area contributed by atoms with Crippen LogP contribution < -0.4 is 15.7 Å². The first-order valence-electron chi connectivity index (χ1n) is 5.82. The van der Waals surface area contributed by atoms with Gasteiger partial charge in [-0.3, -0.25) is 9.88 Å². The SMILES string of the molecule is COc1cccc2[nH]c(=O)n(C3CCCN3)c12. The molecule has 1 saturated heterocycles. The number of methoxy groups -OCH3 is 1. The summed E-state index contributed by atoms with van der Waals surface area (Å²) >= 11 is 0. The molecule has 0 bridgehead atoms. The number of imidazole rings is 1. The Labute approximate surface area is 98.4 Å². The van der Waals surface area contributed by atoms with Gasteiger partial charge in [-0.2, -0.15) is 0 Å². The van der Waals surface area contributed by atoms with Crippen LogP contribution in [0.4, 0.5) is 0 Å². The summed E-state index contributed by atoms with van der Waals surface area (Å²) in [7, 11) is 1.62. The van der Waals surface area contributed by atoms with E-state index in [1.54, 1.807) is 11.7 Å². The number of rotatable bonds is 2. The van der Waals surface area contributed by atoms with Crippen molar-refractivity contribution in [1.29, 1.82) is 0 Å². The van der Waals surface area contributed by atoms with Crippen molar-refractivity contribution in [3.63, 3.8) is 0 Å². The average Bonchev–Trinajstić information content (AvgIpc) is 2.93. The molecule has 1 fully saturated rings. The van der Waals surface area contributed by atoms with E-state index in [1.807, 2.05) is 18.2 Å². The molecule has 1 atom stereocenters. The molecular formula is C12H15N3O2. The molecular weight excluding hydrogens is 218 g/mol. The minimum atomic E-state index is -0.0797. The van der Waals surface area contributed by atoms with E-state index in [1.165, 1.54) is 0 Å². The Balaban J connectivity index is 2.28. The monoisotopic (exact) mass is 233 g/mol. The number of H-pyrrole nitrogens is 1. The van der Waals surface area contributed by atoms with E-state index in [0.29, 0.717) is 0 Å². The highest BCUT2D eigenvalue weighted by molar-refractivity contribution is 5.82. The first-order valence-corrected chi connectivity index (χ1v) is 5.82. The second-order valence-corrected chi connectivity index (χ2v) is 4.27. The topological polar surface area (TPSA) is 59.1 Å². The van der Waals surface area contributed by atoms with Crippen LogP contribution in [0.5, 0.6) is 5.75 Å². The van der Waals surface area contributed by atoms with Crippen molar-refractivity contribution in [2.75, 3.05) is 13.7 Å². The Morgan fingerprint density at radius 1 is 1.47 bits per heavy atom. The number of ether oxygens (including phenoxy) is 1. The van der Waals surface area contributed by atoms with Gasteiger partial charge in [0.25, 0.3) is 0 Å². The van der Waals surface area contributed by atoms with Crippen molar-refractivity contribution in [2.45, 2.75) is 19.0 Å².